The lowest BCUT2D eigenvalue weighted by molar-refractivity contribution is 0.0673. The molecule has 1 atom stereocenters. The number of nitrogens with one attached hydrogen (secondary N) is 1. The summed E-state index contributed by atoms with van der Waals surface area (Å²) < 4.78 is 11.4. The van der Waals surface area contributed by atoms with E-state index in [0.29, 0.717) is 17.9 Å². The summed E-state index contributed by atoms with van der Waals surface area (Å²) in [6, 6.07) is 13.3. The van der Waals surface area contributed by atoms with Crippen LogP contribution in [0, 0.1) is 13.8 Å². The molecule has 1 aliphatic rings. The van der Waals surface area contributed by atoms with Crippen LogP contribution in [0.2, 0.25) is 0 Å². The van der Waals surface area contributed by atoms with Crippen LogP contribution in [0.25, 0.3) is 0 Å². The number of benzene rings is 2. The molecule has 1 amide bonds. The van der Waals surface area contributed by atoms with Gasteiger partial charge in [-0.05, 0) is 56.0 Å². The quantitative estimate of drug-likeness (QED) is 0.900. The third-order valence-electron chi connectivity index (χ3n) is 4.22. The maximum atomic E-state index is 12.7. The number of anilines is 1. The highest BCUT2D eigenvalue weighted by molar-refractivity contribution is 6.06. The summed E-state index contributed by atoms with van der Waals surface area (Å²) in [6.45, 7) is 5.26. The number of carbonyl (C=O) groups is 1. The molecule has 1 saturated heterocycles. The summed E-state index contributed by atoms with van der Waals surface area (Å²) in [5, 5.41) is 2.99. The fraction of sp³-hybridized carbons (Fsp3) is 0.350. The molecule has 1 fully saturated rings. The lowest BCUT2D eigenvalue weighted by atomic mass is 10.1. The smallest absolute Gasteiger partial charge is 0.259 e. The van der Waals surface area contributed by atoms with Gasteiger partial charge in [0, 0.05) is 12.3 Å². The Bertz CT molecular complexity index is 721. The topological polar surface area (TPSA) is 47.6 Å². The number of rotatable bonds is 5. The maximum absolute atomic E-state index is 12.7. The van der Waals surface area contributed by atoms with E-state index in [-0.39, 0.29) is 12.0 Å². The Labute approximate surface area is 142 Å². The Morgan fingerprint density at radius 1 is 1.25 bits per heavy atom. The minimum Gasteiger partial charge on any atom is -0.490 e. The second-order valence-corrected chi connectivity index (χ2v) is 6.21. The highest BCUT2D eigenvalue weighted by Crippen LogP contribution is 2.23. The van der Waals surface area contributed by atoms with Crippen molar-refractivity contribution >= 4 is 11.6 Å². The van der Waals surface area contributed by atoms with Gasteiger partial charge in [0.25, 0.3) is 5.91 Å². The first-order valence-corrected chi connectivity index (χ1v) is 8.35. The normalized spacial score (nSPS) is 16.8. The van der Waals surface area contributed by atoms with Crippen molar-refractivity contribution in [2.24, 2.45) is 0 Å². The molecule has 1 N–H and O–H groups in total. The van der Waals surface area contributed by atoms with E-state index in [4.69, 9.17) is 9.47 Å². The van der Waals surface area contributed by atoms with Gasteiger partial charge in [-0.3, -0.25) is 4.79 Å². The molecule has 0 spiro atoms. The Morgan fingerprint density at radius 3 is 2.88 bits per heavy atom. The van der Waals surface area contributed by atoms with E-state index < -0.39 is 0 Å². The van der Waals surface area contributed by atoms with Gasteiger partial charge in [0.1, 0.15) is 12.4 Å². The van der Waals surface area contributed by atoms with Crippen molar-refractivity contribution in [3.8, 4) is 5.75 Å². The number of aryl methyl sites for hydroxylation is 2. The Kier molecular flexibility index (Phi) is 5.16. The van der Waals surface area contributed by atoms with Gasteiger partial charge in [-0.2, -0.15) is 0 Å². The first kappa shape index (κ1) is 16.5. The monoisotopic (exact) mass is 325 g/mol. The number of hydrogen-bond acceptors (Lipinski definition) is 3. The Hall–Kier alpha value is -2.33. The van der Waals surface area contributed by atoms with Crippen LogP contribution in [0.15, 0.2) is 42.5 Å². The van der Waals surface area contributed by atoms with Crippen molar-refractivity contribution in [1.82, 2.24) is 0 Å². The molecular formula is C20H23NO3. The Morgan fingerprint density at radius 2 is 2.08 bits per heavy atom. The van der Waals surface area contributed by atoms with Gasteiger partial charge in [-0.1, -0.05) is 24.3 Å². The van der Waals surface area contributed by atoms with Crippen molar-refractivity contribution in [2.45, 2.75) is 32.8 Å². The van der Waals surface area contributed by atoms with Crippen molar-refractivity contribution in [1.29, 1.82) is 0 Å². The van der Waals surface area contributed by atoms with Gasteiger partial charge in [-0.25, -0.2) is 0 Å². The molecule has 0 saturated carbocycles. The Balaban J connectivity index is 1.73. The number of amides is 1. The third kappa shape index (κ3) is 3.95. The molecule has 0 radical (unpaired) electrons. The molecule has 0 aliphatic carbocycles. The molecule has 4 heteroatoms. The minimum atomic E-state index is -0.161. The first-order valence-electron chi connectivity index (χ1n) is 8.35. The maximum Gasteiger partial charge on any atom is 0.259 e. The fourth-order valence-electron chi connectivity index (χ4n) is 2.80. The average Bonchev–Trinajstić information content (AvgIpc) is 3.10. The van der Waals surface area contributed by atoms with Crippen LogP contribution < -0.4 is 10.1 Å². The first-order chi connectivity index (χ1) is 11.6. The molecule has 0 aromatic heterocycles. The molecule has 0 bridgehead atoms. The van der Waals surface area contributed by atoms with Crippen LogP contribution in [0.3, 0.4) is 0 Å². The molecule has 1 aliphatic heterocycles. The van der Waals surface area contributed by atoms with E-state index in [1.54, 1.807) is 6.07 Å². The van der Waals surface area contributed by atoms with E-state index in [2.05, 4.69) is 5.32 Å². The molecule has 4 nitrogen and oxygen atoms in total. The van der Waals surface area contributed by atoms with E-state index >= 15 is 0 Å². The number of carbonyl (C=O) groups excluding carboxylic acids is 1. The van der Waals surface area contributed by atoms with Crippen molar-refractivity contribution < 1.29 is 14.3 Å². The van der Waals surface area contributed by atoms with Gasteiger partial charge in [0.05, 0.1) is 11.7 Å². The zero-order valence-corrected chi connectivity index (χ0v) is 14.2. The molecule has 24 heavy (non-hydrogen) atoms. The molecule has 2 aromatic rings. The highest BCUT2D eigenvalue weighted by atomic mass is 16.5. The van der Waals surface area contributed by atoms with Crippen molar-refractivity contribution in [2.75, 3.05) is 18.5 Å². The van der Waals surface area contributed by atoms with Gasteiger partial charge in [0.2, 0.25) is 0 Å². The second kappa shape index (κ2) is 7.49. The molecule has 3 rings (SSSR count). The summed E-state index contributed by atoms with van der Waals surface area (Å²) in [6.07, 6.45) is 2.21. The number of para-hydroxylation sites is 1. The van der Waals surface area contributed by atoms with Gasteiger partial charge in [0.15, 0.2) is 0 Å². The molecular weight excluding hydrogens is 302 g/mol. The second-order valence-electron chi connectivity index (χ2n) is 6.21. The zero-order valence-electron chi connectivity index (χ0n) is 14.2. The number of hydrogen-bond donors (Lipinski definition) is 1. The van der Waals surface area contributed by atoms with Crippen LogP contribution in [-0.2, 0) is 4.74 Å². The van der Waals surface area contributed by atoms with Crippen LogP contribution in [0.4, 0.5) is 5.69 Å². The molecule has 126 valence electrons. The summed E-state index contributed by atoms with van der Waals surface area (Å²) in [5.74, 6) is 0.433. The molecule has 2 aromatic carbocycles. The van der Waals surface area contributed by atoms with E-state index in [1.165, 1.54) is 0 Å². The summed E-state index contributed by atoms with van der Waals surface area (Å²) in [5.41, 5.74) is 3.51. The van der Waals surface area contributed by atoms with E-state index in [1.807, 2.05) is 50.2 Å². The summed E-state index contributed by atoms with van der Waals surface area (Å²) in [4.78, 5) is 12.7. The van der Waals surface area contributed by atoms with Crippen LogP contribution in [0.1, 0.15) is 34.3 Å². The summed E-state index contributed by atoms with van der Waals surface area (Å²) in [7, 11) is 0. The SMILES string of the molecule is Cc1ccc(C)c(NC(=O)c2ccccc2OC[C@H]2CCCO2)c1. The average molecular weight is 325 g/mol. The van der Waals surface area contributed by atoms with Gasteiger partial charge < -0.3 is 14.8 Å². The highest BCUT2D eigenvalue weighted by Gasteiger charge is 2.18. The largest absolute Gasteiger partial charge is 0.490 e. The van der Waals surface area contributed by atoms with E-state index in [9.17, 15) is 4.79 Å². The number of ether oxygens (including phenoxy) is 2. The predicted molar refractivity (Wildman–Crippen MR) is 94.8 cm³/mol. The van der Waals surface area contributed by atoms with Gasteiger partial charge in [-0.15, -0.1) is 0 Å². The predicted octanol–water partition coefficient (Wildman–Crippen LogP) is 4.11. The standard InChI is InChI=1S/C20H23NO3/c1-14-9-10-15(2)18(12-14)21-20(22)17-7-3-4-8-19(17)24-13-16-6-5-11-23-16/h3-4,7-10,12,16H,5-6,11,13H2,1-2H3,(H,21,22)/t16-/m1/s1. The van der Waals surface area contributed by atoms with Crippen LogP contribution >= 0.6 is 0 Å². The van der Waals surface area contributed by atoms with Crippen molar-refractivity contribution in [3.05, 3.63) is 59.2 Å². The van der Waals surface area contributed by atoms with Crippen LogP contribution in [0.5, 0.6) is 5.75 Å². The van der Waals surface area contributed by atoms with Crippen molar-refractivity contribution in [3.63, 3.8) is 0 Å². The lowest BCUT2D eigenvalue weighted by Crippen LogP contribution is -2.19. The molecule has 1 heterocycles. The zero-order chi connectivity index (χ0) is 16.9. The minimum absolute atomic E-state index is 0.125. The van der Waals surface area contributed by atoms with Crippen LogP contribution in [-0.4, -0.2) is 25.2 Å². The molecule has 0 unspecified atom stereocenters. The lowest BCUT2D eigenvalue weighted by Gasteiger charge is -2.15. The fourth-order valence-corrected chi connectivity index (χ4v) is 2.80. The van der Waals surface area contributed by atoms with E-state index in [0.717, 1.165) is 36.3 Å². The van der Waals surface area contributed by atoms with Gasteiger partial charge >= 0.3 is 0 Å². The third-order valence-corrected chi connectivity index (χ3v) is 4.22. The summed E-state index contributed by atoms with van der Waals surface area (Å²) >= 11 is 0.